The fourth-order valence-corrected chi connectivity index (χ4v) is 2.70. The highest BCUT2D eigenvalue weighted by Crippen LogP contribution is 2.40. The van der Waals surface area contributed by atoms with E-state index in [1.54, 1.807) is 0 Å². The molecular formula is C18H25Cl2N3O. The van der Waals surface area contributed by atoms with E-state index < -0.39 is 0 Å². The van der Waals surface area contributed by atoms with Gasteiger partial charge in [-0.2, -0.15) is 0 Å². The van der Waals surface area contributed by atoms with E-state index >= 15 is 0 Å². The Labute approximate surface area is 155 Å². The molecule has 0 radical (unpaired) electrons. The van der Waals surface area contributed by atoms with Crippen molar-refractivity contribution in [3.8, 4) is 0 Å². The number of hydrogen-bond donors (Lipinski definition) is 2. The van der Waals surface area contributed by atoms with E-state index in [2.05, 4.69) is 22.8 Å². The summed E-state index contributed by atoms with van der Waals surface area (Å²) < 4.78 is 0. The number of carbonyl (C=O) groups is 1. The second-order valence-corrected chi connectivity index (χ2v) is 6.10. The average Bonchev–Trinajstić information content (AvgIpc) is 3.35. The number of benzene rings is 1. The molecule has 1 aliphatic rings. The molecule has 2 aromatic rings. The van der Waals surface area contributed by atoms with Crippen LogP contribution in [0.1, 0.15) is 46.8 Å². The molecule has 6 heteroatoms. The van der Waals surface area contributed by atoms with Gasteiger partial charge in [-0.25, -0.2) is 0 Å². The molecule has 1 fully saturated rings. The van der Waals surface area contributed by atoms with Crippen molar-refractivity contribution in [2.24, 2.45) is 0 Å². The molecule has 0 aliphatic heterocycles. The summed E-state index contributed by atoms with van der Waals surface area (Å²) in [4.78, 5) is 17.3. The lowest BCUT2D eigenvalue weighted by Gasteiger charge is -2.11. The van der Waals surface area contributed by atoms with E-state index in [9.17, 15) is 4.79 Å². The first-order chi connectivity index (χ1) is 10.7. The number of aromatic nitrogens is 1. The molecule has 1 amide bonds. The van der Waals surface area contributed by atoms with Crippen LogP contribution in [0.3, 0.4) is 0 Å². The van der Waals surface area contributed by atoms with Crippen LogP contribution in [0.4, 0.5) is 0 Å². The van der Waals surface area contributed by atoms with Crippen LogP contribution in [-0.4, -0.2) is 31.0 Å². The Morgan fingerprint density at radius 2 is 1.96 bits per heavy atom. The third-order valence-electron chi connectivity index (χ3n) is 4.11. The number of pyridine rings is 1. The van der Waals surface area contributed by atoms with Gasteiger partial charge < -0.3 is 10.6 Å². The predicted octanol–water partition coefficient (Wildman–Crippen LogP) is 3.60. The van der Waals surface area contributed by atoms with Crippen LogP contribution in [0, 0.1) is 6.92 Å². The first-order valence-electron chi connectivity index (χ1n) is 8.03. The summed E-state index contributed by atoms with van der Waals surface area (Å²) >= 11 is 0. The highest BCUT2D eigenvalue weighted by molar-refractivity contribution is 6.06. The van der Waals surface area contributed by atoms with Gasteiger partial charge in [0.25, 0.3) is 5.91 Å². The topological polar surface area (TPSA) is 54.0 Å². The Morgan fingerprint density at radius 1 is 1.21 bits per heavy atom. The zero-order valence-corrected chi connectivity index (χ0v) is 15.7. The molecule has 0 bridgehead atoms. The number of rotatable bonds is 6. The number of hydrogen-bond acceptors (Lipinski definition) is 3. The molecule has 1 heterocycles. The SMILES string of the molecule is CNCCCNC(=O)c1cc(C2CC2)nc2ccc(C)cc12.Cl.Cl. The van der Waals surface area contributed by atoms with E-state index in [1.165, 1.54) is 12.8 Å². The summed E-state index contributed by atoms with van der Waals surface area (Å²) in [7, 11) is 1.92. The summed E-state index contributed by atoms with van der Waals surface area (Å²) in [5.41, 5.74) is 3.91. The third-order valence-corrected chi connectivity index (χ3v) is 4.11. The van der Waals surface area contributed by atoms with E-state index in [0.29, 0.717) is 12.5 Å². The minimum absolute atomic E-state index is 0. The lowest BCUT2D eigenvalue weighted by Crippen LogP contribution is -2.27. The molecule has 1 aromatic carbocycles. The molecule has 3 rings (SSSR count). The Kier molecular flexibility index (Phi) is 7.94. The normalized spacial score (nSPS) is 13.1. The Hall–Kier alpha value is -1.36. The molecule has 4 nitrogen and oxygen atoms in total. The van der Waals surface area contributed by atoms with Crippen LogP contribution in [-0.2, 0) is 0 Å². The summed E-state index contributed by atoms with van der Waals surface area (Å²) in [5.74, 6) is 0.553. The van der Waals surface area contributed by atoms with Crippen molar-refractivity contribution in [3.63, 3.8) is 0 Å². The van der Waals surface area contributed by atoms with Gasteiger partial charge in [0, 0.05) is 23.5 Å². The maximum Gasteiger partial charge on any atom is 0.252 e. The number of fused-ring (bicyclic) bond motifs is 1. The molecule has 24 heavy (non-hydrogen) atoms. The van der Waals surface area contributed by atoms with Crippen LogP contribution in [0.2, 0.25) is 0 Å². The quantitative estimate of drug-likeness (QED) is 0.764. The van der Waals surface area contributed by atoms with Crippen LogP contribution >= 0.6 is 24.8 Å². The zero-order chi connectivity index (χ0) is 15.5. The second kappa shape index (κ2) is 9.21. The highest BCUT2D eigenvalue weighted by atomic mass is 35.5. The summed E-state index contributed by atoms with van der Waals surface area (Å²) in [6.45, 7) is 3.64. The number of aryl methyl sites for hydroxylation is 1. The predicted molar refractivity (Wildman–Crippen MR) is 104 cm³/mol. The summed E-state index contributed by atoms with van der Waals surface area (Å²) in [5, 5.41) is 7.07. The van der Waals surface area contributed by atoms with Crippen molar-refractivity contribution in [3.05, 3.63) is 41.1 Å². The maximum atomic E-state index is 12.6. The molecule has 0 atom stereocenters. The van der Waals surface area contributed by atoms with Crippen LogP contribution in [0.25, 0.3) is 10.9 Å². The Bertz CT molecular complexity index is 702. The first-order valence-corrected chi connectivity index (χ1v) is 8.03. The molecule has 2 N–H and O–H groups in total. The van der Waals surface area contributed by atoms with E-state index in [1.807, 2.05) is 26.1 Å². The average molecular weight is 370 g/mol. The monoisotopic (exact) mass is 369 g/mol. The number of nitrogens with zero attached hydrogens (tertiary/aromatic N) is 1. The molecule has 1 aliphatic carbocycles. The van der Waals surface area contributed by atoms with Crippen molar-refractivity contribution in [1.29, 1.82) is 0 Å². The van der Waals surface area contributed by atoms with Crippen molar-refractivity contribution in [1.82, 2.24) is 15.6 Å². The molecule has 1 saturated carbocycles. The summed E-state index contributed by atoms with van der Waals surface area (Å²) in [6.07, 6.45) is 3.31. The fourth-order valence-electron chi connectivity index (χ4n) is 2.70. The number of amides is 1. The molecular weight excluding hydrogens is 345 g/mol. The lowest BCUT2D eigenvalue weighted by molar-refractivity contribution is 0.0955. The minimum Gasteiger partial charge on any atom is -0.352 e. The van der Waals surface area contributed by atoms with E-state index in [4.69, 9.17) is 4.98 Å². The molecule has 0 unspecified atom stereocenters. The number of nitrogens with one attached hydrogen (secondary N) is 2. The number of halogens is 2. The number of carbonyl (C=O) groups excluding carboxylic acids is 1. The zero-order valence-electron chi connectivity index (χ0n) is 14.1. The summed E-state index contributed by atoms with van der Waals surface area (Å²) in [6, 6.07) is 8.13. The third kappa shape index (κ3) is 4.82. The van der Waals surface area contributed by atoms with Gasteiger partial charge in [0.2, 0.25) is 0 Å². The fraction of sp³-hybridized carbons (Fsp3) is 0.444. The maximum absolute atomic E-state index is 12.6. The van der Waals surface area contributed by atoms with Crippen molar-refractivity contribution >= 4 is 41.6 Å². The highest BCUT2D eigenvalue weighted by Gasteiger charge is 2.26. The van der Waals surface area contributed by atoms with Gasteiger partial charge in [0.05, 0.1) is 11.1 Å². The van der Waals surface area contributed by atoms with E-state index in [0.717, 1.165) is 40.7 Å². The van der Waals surface area contributed by atoms with Gasteiger partial charge in [-0.3, -0.25) is 9.78 Å². The standard InChI is InChI=1S/C18H23N3O.2ClH/c1-12-4-7-16-14(10-12)15(11-17(21-16)13-5-6-13)18(22)20-9-3-8-19-2;;/h4,7,10-11,13,19H,3,5-6,8-9H2,1-2H3,(H,20,22);2*1H. The minimum atomic E-state index is 0. The van der Waals surface area contributed by atoms with Gasteiger partial charge in [0.1, 0.15) is 0 Å². The molecule has 1 aromatic heterocycles. The van der Waals surface area contributed by atoms with Crippen LogP contribution in [0.15, 0.2) is 24.3 Å². The van der Waals surface area contributed by atoms with E-state index in [-0.39, 0.29) is 30.7 Å². The van der Waals surface area contributed by atoms with Gasteiger partial charge in [-0.1, -0.05) is 11.6 Å². The van der Waals surface area contributed by atoms with Crippen molar-refractivity contribution < 1.29 is 4.79 Å². The van der Waals surface area contributed by atoms with Gasteiger partial charge >= 0.3 is 0 Å². The van der Waals surface area contributed by atoms with Crippen molar-refractivity contribution in [2.75, 3.05) is 20.1 Å². The molecule has 0 spiro atoms. The van der Waals surface area contributed by atoms with Crippen LogP contribution in [0.5, 0.6) is 0 Å². The molecule has 0 saturated heterocycles. The van der Waals surface area contributed by atoms with Crippen molar-refractivity contribution in [2.45, 2.75) is 32.1 Å². The van der Waals surface area contributed by atoms with Gasteiger partial charge in [-0.05, 0) is 58.0 Å². The largest absolute Gasteiger partial charge is 0.352 e. The smallest absolute Gasteiger partial charge is 0.252 e. The second-order valence-electron chi connectivity index (χ2n) is 6.10. The van der Waals surface area contributed by atoms with Crippen LogP contribution < -0.4 is 10.6 Å². The Balaban J connectivity index is 0.00000144. The Morgan fingerprint density at radius 3 is 2.62 bits per heavy atom. The lowest BCUT2D eigenvalue weighted by atomic mass is 10.0. The molecule has 132 valence electrons. The van der Waals surface area contributed by atoms with Gasteiger partial charge in [0.15, 0.2) is 0 Å². The van der Waals surface area contributed by atoms with Gasteiger partial charge in [-0.15, -0.1) is 24.8 Å². The first kappa shape index (κ1) is 20.7.